The van der Waals surface area contributed by atoms with E-state index >= 15 is 0 Å². The summed E-state index contributed by atoms with van der Waals surface area (Å²) < 4.78 is 15.9. The lowest BCUT2D eigenvalue weighted by molar-refractivity contribution is -0.134. The molecule has 5 nitrogen and oxygen atoms in total. The number of hydrogen-bond acceptors (Lipinski definition) is 3. The Morgan fingerprint density at radius 1 is 0.966 bits per heavy atom. The van der Waals surface area contributed by atoms with Crippen LogP contribution in [0.4, 0.5) is 4.39 Å². The molecule has 0 atom stereocenters. The summed E-state index contributed by atoms with van der Waals surface area (Å²) in [4.78, 5) is 17.6. The van der Waals surface area contributed by atoms with Gasteiger partial charge in [0, 0.05) is 25.0 Å². The van der Waals surface area contributed by atoms with Crippen LogP contribution in [0.1, 0.15) is 87.9 Å². The Morgan fingerprint density at radius 3 is 2.55 bits per heavy atom. The summed E-state index contributed by atoms with van der Waals surface area (Å²) in [6, 6.07) is 6.25. The quantitative estimate of drug-likeness (QED) is 0.734. The zero-order valence-corrected chi connectivity index (χ0v) is 16.9. The molecule has 3 aliphatic rings. The van der Waals surface area contributed by atoms with Crippen LogP contribution in [0, 0.1) is 0 Å². The van der Waals surface area contributed by atoms with Crippen LogP contribution in [-0.4, -0.2) is 38.2 Å². The van der Waals surface area contributed by atoms with E-state index < -0.39 is 6.17 Å². The third-order valence-electron chi connectivity index (χ3n) is 6.85. The number of amides is 1. The lowest BCUT2D eigenvalue weighted by Gasteiger charge is -2.33. The van der Waals surface area contributed by atoms with Gasteiger partial charge in [-0.1, -0.05) is 25.3 Å². The highest BCUT2D eigenvalue weighted by Crippen LogP contribution is 2.37. The predicted molar refractivity (Wildman–Crippen MR) is 111 cm³/mol. The number of rotatable bonds is 3. The molecule has 154 valence electrons. The number of pyridine rings is 1. The van der Waals surface area contributed by atoms with Gasteiger partial charge < -0.3 is 0 Å². The molecule has 0 spiro atoms. The van der Waals surface area contributed by atoms with Gasteiger partial charge in [-0.3, -0.25) is 9.20 Å². The molecule has 6 heteroatoms. The molecule has 2 aromatic rings. The van der Waals surface area contributed by atoms with Crippen LogP contribution in [0.5, 0.6) is 0 Å². The maximum Gasteiger partial charge on any atom is 0.243 e. The van der Waals surface area contributed by atoms with Gasteiger partial charge in [0.05, 0.1) is 23.1 Å². The number of carbonyl (C=O) groups is 1. The largest absolute Gasteiger partial charge is 0.298 e. The Balaban J connectivity index is 1.56. The lowest BCUT2D eigenvalue weighted by atomic mass is 9.84. The van der Waals surface area contributed by atoms with Crippen molar-refractivity contribution in [2.75, 3.05) is 0 Å². The first-order valence-electron chi connectivity index (χ1n) is 11.2. The van der Waals surface area contributed by atoms with E-state index in [1.165, 1.54) is 19.3 Å². The molecule has 0 N–H and O–H groups in total. The SMILES string of the molecule is O=C1CCC(c2c(C3CCC(F)CC3)nc3ccccn23)=NN1C1CCCCC1. The fourth-order valence-electron chi connectivity index (χ4n) is 5.26. The first-order valence-corrected chi connectivity index (χ1v) is 11.2. The zero-order chi connectivity index (χ0) is 19.8. The van der Waals surface area contributed by atoms with Gasteiger partial charge in [0.1, 0.15) is 11.8 Å². The Labute approximate surface area is 171 Å². The van der Waals surface area contributed by atoms with E-state index in [9.17, 15) is 9.18 Å². The molecule has 2 aromatic heterocycles. The minimum absolute atomic E-state index is 0.147. The molecular weight excluding hydrogens is 367 g/mol. The van der Waals surface area contributed by atoms with E-state index in [2.05, 4.69) is 4.40 Å². The molecule has 1 aliphatic heterocycles. The van der Waals surface area contributed by atoms with Gasteiger partial charge >= 0.3 is 0 Å². The summed E-state index contributed by atoms with van der Waals surface area (Å²) in [7, 11) is 0. The molecule has 0 bridgehead atoms. The normalized spacial score (nSPS) is 26.7. The first-order chi connectivity index (χ1) is 14.2. The molecule has 2 aliphatic carbocycles. The van der Waals surface area contributed by atoms with Crippen molar-refractivity contribution in [1.82, 2.24) is 14.4 Å². The number of aromatic nitrogens is 2. The van der Waals surface area contributed by atoms with Crippen molar-refractivity contribution in [3.05, 3.63) is 35.8 Å². The van der Waals surface area contributed by atoms with Crippen LogP contribution in [0.25, 0.3) is 5.65 Å². The van der Waals surface area contributed by atoms with Gasteiger partial charge in [0.15, 0.2) is 0 Å². The van der Waals surface area contributed by atoms with Gasteiger partial charge in [0.25, 0.3) is 0 Å². The summed E-state index contributed by atoms with van der Waals surface area (Å²) in [6.45, 7) is 0. The third-order valence-corrected chi connectivity index (χ3v) is 6.85. The third kappa shape index (κ3) is 3.58. The summed E-state index contributed by atoms with van der Waals surface area (Å²) >= 11 is 0. The second-order valence-corrected chi connectivity index (χ2v) is 8.80. The number of hydrogen-bond donors (Lipinski definition) is 0. The number of halogens is 1. The number of carbonyl (C=O) groups excluding carboxylic acids is 1. The minimum Gasteiger partial charge on any atom is -0.298 e. The van der Waals surface area contributed by atoms with E-state index in [-0.39, 0.29) is 17.9 Å². The molecule has 2 fully saturated rings. The zero-order valence-electron chi connectivity index (χ0n) is 16.9. The smallest absolute Gasteiger partial charge is 0.243 e. The molecule has 1 amide bonds. The molecule has 0 radical (unpaired) electrons. The van der Waals surface area contributed by atoms with Crippen molar-refractivity contribution in [2.24, 2.45) is 5.10 Å². The van der Waals surface area contributed by atoms with E-state index in [1.54, 1.807) is 5.01 Å². The maximum absolute atomic E-state index is 13.7. The van der Waals surface area contributed by atoms with Crippen LogP contribution in [0.15, 0.2) is 29.5 Å². The number of fused-ring (bicyclic) bond motifs is 1. The highest BCUT2D eigenvalue weighted by Gasteiger charge is 2.33. The van der Waals surface area contributed by atoms with Crippen molar-refractivity contribution in [1.29, 1.82) is 0 Å². The van der Waals surface area contributed by atoms with E-state index in [0.717, 1.165) is 48.4 Å². The van der Waals surface area contributed by atoms with E-state index in [0.29, 0.717) is 25.7 Å². The maximum atomic E-state index is 13.7. The second kappa shape index (κ2) is 7.88. The molecule has 0 unspecified atom stereocenters. The van der Waals surface area contributed by atoms with Crippen LogP contribution >= 0.6 is 0 Å². The lowest BCUT2D eigenvalue weighted by Crippen LogP contribution is -2.41. The van der Waals surface area contributed by atoms with Gasteiger partial charge in [-0.05, 0) is 50.7 Å². The summed E-state index contributed by atoms with van der Waals surface area (Å²) in [5.74, 6) is 0.411. The van der Waals surface area contributed by atoms with E-state index in [4.69, 9.17) is 10.1 Å². The molecule has 0 aromatic carbocycles. The number of nitrogens with zero attached hydrogens (tertiary/aromatic N) is 4. The molecule has 5 rings (SSSR count). The Kier molecular flexibility index (Phi) is 5.10. The first kappa shape index (κ1) is 18.8. The average molecular weight is 397 g/mol. The highest BCUT2D eigenvalue weighted by atomic mass is 19.1. The number of alkyl halides is 1. The van der Waals surface area contributed by atoms with Crippen molar-refractivity contribution in [3.63, 3.8) is 0 Å². The van der Waals surface area contributed by atoms with E-state index in [1.807, 2.05) is 24.4 Å². The minimum atomic E-state index is -0.682. The molecule has 2 saturated carbocycles. The Hall–Kier alpha value is -2.24. The second-order valence-electron chi connectivity index (χ2n) is 8.80. The van der Waals surface area contributed by atoms with Crippen molar-refractivity contribution in [2.45, 2.75) is 88.8 Å². The number of hydrazone groups is 1. The van der Waals surface area contributed by atoms with Crippen molar-refractivity contribution >= 4 is 17.3 Å². The van der Waals surface area contributed by atoms with Gasteiger partial charge in [-0.25, -0.2) is 14.4 Å². The van der Waals surface area contributed by atoms with Crippen LogP contribution in [0.2, 0.25) is 0 Å². The standard InChI is InChI=1S/C23H29FN4O/c24-17-11-9-16(10-12-17)22-23(27-15-5-4-8-20(27)25-22)19-13-14-21(29)28(26-19)18-6-2-1-3-7-18/h4-5,8,15-18H,1-3,6-7,9-14H2. The number of imidazole rings is 1. The van der Waals surface area contributed by atoms with Crippen LogP contribution < -0.4 is 0 Å². The van der Waals surface area contributed by atoms with Crippen LogP contribution in [-0.2, 0) is 4.79 Å². The van der Waals surface area contributed by atoms with Crippen molar-refractivity contribution < 1.29 is 9.18 Å². The van der Waals surface area contributed by atoms with Crippen LogP contribution in [0.3, 0.4) is 0 Å². The topological polar surface area (TPSA) is 50.0 Å². The van der Waals surface area contributed by atoms with Gasteiger partial charge in [-0.2, -0.15) is 5.10 Å². The fourth-order valence-corrected chi connectivity index (χ4v) is 5.26. The average Bonchev–Trinajstić information content (AvgIpc) is 3.15. The summed E-state index contributed by atoms with van der Waals surface area (Å²) in [5, 5.41) is 6.70. The molecular formula is C23H29FN4O. The molecule has 0 saturated heterocycles. The van der Waals surface area contributed by atoms with Crippen molar-refractivity contribution in [3.8, 4) is 0 Å². The van der Waals surface area contributed by atoms with Gasteiger partial charge in [0.2, 0.25) is 5.91 Å². The summed E-state index contributed by atoms with van der Waals surface area (Å²) in [6.07, 6.45) is 11.1. The Bertz CT molecular complexity index is 922. The predicted octanol–water partition coefficient (Wildman–Crippen LogP) is 4.99. The summed E-state index contributed by atoms with van der Waals surface area (Å²) in [5.41, 5.74) is 3.95. The fraction of sp³-hybridized carbons (Fsp3) is 0.609. The Morgan fingerprint density at radius 2 is 1.76 bits per heavy atom. The van der Waals surface area contributed by atoms with Gasteiger partial charge in [-0.15, -0.1) is 0 Å². The molecule has 29 heavy (non-hydrogen) atoms. The monoisotopic (exact) mass is 396 g/mol. The highest BCUT2D eigenvalue weighted by molar-refractivity contribution is 6.04. The molecule has 3 heterocycles.